The number of allylic oxidation sites excluding steroid dienone is 2. The van der Waals surface area contributed by atoms with Crippen LogP contribution in [0.2, 0.25) is 0 Å². The highest BCUT2D eigenvalue weighted by atomic mass is 16.5. The Morgan fingerprint density at radius 1 is 1.29 bits per heavy atom. The standard InChI is InChI=1S/C18H28O3/c1-14(8-13-17(19)18(2,3)20)6-5-7-15-9-11-16(21-4)12-10-15/h6,9-12,17,19-20H,5,7-8,13H2,1-4H3/b14-6+/t17-/m0/s1. The lowest BCUT2D eigenvalue weighted by atomic mass is 9.95. The average molecular weight is 292 g/mol. The molecule has 1 aromatic carbocycles. The lowest BCUT2D eigenvalue weighted by molar-refractivity contribution is -0.0509. The summed E-state index contributed by atoms with van der Waals surface area (Å²) in [4.78, 5) is 0. The van der Waals surface area contributed by atoms with Crippen molar-refractivity contribution < 1.29 is 14.9 Å². The molecule has 2 N–H and O–H groups in total. The summed E-state index contributed by atoms with van der Waals surface area (Å²) in [6.07, 6.45) is 4.91. The Hall–Kier alpha value is -1.32. The molecule has 0 saturated carbocycles. The number of aliphatic hydroxyl groups is 2. The fourth-order valence-corrected chi connectivity index (χ4v) is 2.10. The van der Waals surface area contributed by atoms with Gasteiger partial charge < -0.3 is 14.9 Å². The highest BCUT2D eigenvalue weighted by Crippen LogP contribution is 2.17. The monoisotopic (exact) mass is 292 g/mol. The minimum Gasteiger partial charge on any atom is -0.497 e. The smallest absolute Gasteiger partial charge is 0.118 e. The van der Waals surface area contributed by atoms with Gasteiger partial charge in [-0.15, -0.1) is 0 Å². The zero-order valence-electron chi connectivity index (χ0n) is 13.6. The summed E-state index contributed by atoms with van der Waals surface area (Å²) >= 11 is 0. The molecule has 0 radical (unpaired) electrons. The maximum atomic E-state index is 9.80. The maximum Gasteiger partial charge on any atom is 0.118 e. The summed E-state index contributed by atoms with van der Waals surface area (Å²) in [6, 6.07) is 8.12. The Morgan fingerprint density at radius 3 is 2.43 bits per heavy atom. The van der Waals surface area contributed by atoms with Crippen molar-refractivity contribution in [2.45, 2.75) is 58.2 Å². The molecule has 0 aromatic heterocycles. The van der Waals surface area contributed by atoms with E-state index in [0.29, 0.717) is 6.42 Å². The fourth-order valence-electron chi connectivity index (χ4n) is 2.10. The van der Waals surface area contributed by atoms with Gasteiger partial charge in [0.1, 0.15) is 5.75 Å². The zero-order valence-corrected chi connectivity index (χ0v) is 13.6. The number of hydrogen-bond donors (Lipinski definition) is 2. The summed E-state index contributed by atoms with van der Waals surface area (Å²) in [6.45, 7) is 5.35. The van der Waals surface area contributed by atoms with Gasteiger partial charge in [-0.3, -0.25) is 0 Å². The first-order valence-corrected chi connectivity index (χ1v) is 7.52. The highest BCUT2D eigenvalue weighted by Gasteiger charge is 2.23. The van der Waals surface area contributed by atoms with Crippen molar-refractivity contribution in [2.24, 2.45) is 0 Å². The fraction of sp³-hybridized carbons (Fsp3) is 0.556. The molecule has 21 heavy (non-hydrogen) atoms. The summed E-state index contributed by atoms with van der Waals surface area (Å²) in [5.74, 6) is 0.881. The minimum atomic E-state index is -1.02. The largest absolute Gasteiger partial charge is 0.497 e. The first-order valence-electron chi connectivity index (χ1n) is 7.52. The van der Waals surface area contributed by atoms with E-state index >= 15 is 0 Å². The quantitative estimate of drug-likeness (QED) is 0.721. The van der Waals surface area contributed by atoms with Crippen LogP contribution in [0.1, 0.15) is 45.6 Å². The number of benzene rings is 1. The lowest BCUT2D eigenvalue weighted by Crippen LogP contribution is -2.35. The minimum absolute atomic E-state index is 0.592. The van der Waals surface area contributed by atoms with Crippen LogP contribution >= 0.6 is 0 Å². The Morgan fingerprint density at radius 2 is 1.90 bits per heavy atom. The topological polar surface area (TPSA) is 49.7 Å². The van der Waals surface area contributed by atoms with Gasteiger partial charge in [-0.05, 0) is 64.2 Å². The molecule has 0 spiro atoms. The molecule has 0 unspecified atom stereocenters. The van der Waals surface area contributed by atoms with Crippen molar-refractivity contribution in [3.63, 3.8) is 0 Å². The Kier molecular flexibility index (Phi) is 6.93. The van der Waals surface area contributed by atoms with E-state index in [1.54, 1.807) is 21.0 Å². The molecule has 1 atom stereocenters. The number of rotatable bonds is 8. The van der Waals surface area contributed by atoms with Gasteiger partial charge in [0.15, 0.2) is 0 Å². The molecule has 0 aliphatic carbocycles. The van der Waals surface area contributed by atoms with Gasteiger partial charge in [0.2, 0.25) is 0 Å². The summed E-state index contributed by atoms with van der Waals surface area (Å²) in [5, 5.41) is 19.5. The van der Waals surface area contributed by atoms with E-state index in [1.807, 2.05) is 12.1 Å². The molecule has 0 fully saturated rings. The molecule has 0 saturated heterocycles. The summed E-state index contributed by atoms with van der Waals surface area (Å²) in [7, 11) is 1.67. The van der Waals surface area contributed by atoms with Crippen LogP contribution in [0.5, 0.6) is 5.75 Å². The molecule has 3 nitrogen and oxygen atoms in total. The van der Waals surface area contributed by atoms with Crippen LogP contribution in [0.4, 0.5) is 0 Å². The number of ether oxygens (including phenoxy) is 1. The maximum absolute atomic E-state index is 9.80. The van der Waals surface area contributed by atoms with Gasteiger partial charge in [-0.1, -0.05) is 23.8 Å². The zero-order chi connectivity index (χ0) is 15.9. The van der Waals surface area contributed by atoms with Crippen LogP contribution in [-0.2, 0) is 6.42 Å². The van der Waals surface area contributed by atoms with E-state index in [9.17, 15) is 10.2 Å². The molecule has 0 aliphatic heterocycles. The molecule has 1 aromatic rings. The molecular weight excluding hydrogens is 264 g/mol. The van der Waals surface area contributed by atoms with E-state index in [4.69, 9.17) is 4.74 Å². The molecule has 0 bridgehead atoms. The van der Waals surface area contributed by atoms with Crippen LogP contribution in [0, 0.1) is 0 Å². The molecule has 3 heteroatoms. The predicted octanol–water partition coefficient (Wildman–Crippen LogP) is 3.49. The Balaban J connectivity index is 2.35. The van der Waals surface area contributed by atoms with E-state index in [1.165, 1.54) is 11.1 Å². The summed E-state index contributed by atoms with van der Waals surface area (Å²) < 4.78 is 5.14. The van der Waals surface area contributed by atoms with E-state index in [0.717, 1.165) is 25.0 Å². The third kappa shape index (κ3) is 6.78. The van der Waals surface area contributed by atoms with Crippen LogP contribution in [-0.4, -0.2) is 29.0 Å². The number of methoxy groups -OCH3 is 1. The second kappa shape index (κ2) is 8.20. The molecule has 1 rings (SSSR count). The van der Waals surface area contributed by atoms with Crippen LogP contribution < -0.4 is 4.74 Å². The van der Waals surface area contributed by atoms with Gasteiger partial charge >= 0.3 is 0 Å². The van der Waals surface area contributed by atoms with Crippen LogP contribution in [0.25, 0.3) is 0 Å². The predicted molar refractivity (Wildman–Crippen MR) is 86.6 cm³/mol. The second-order valence-corrected chi connectivity index (χ2v) is 6.15. The summed E-state index contributed by atoms with van der Waals surface area (Å²) in [5.41, 5.74) is 1.52. The van der Waals surface area contributed by atoms with Gasteiger partial charge in [-0.25, -0.2) is 0 Å². The van der Waals surface area contributed by atoms with Gasteiger partial charge in [0.05, 0.1) is 18.8 Å². The molecule has 0 heterocycles. The van der Waals surface area contributed by atoms with Crippen LogP contribution in [0.3, 0.4) is 0 Å². The van der Waals surface area contributed by atoms with E-state index in [-0.39, 0.29) is 0 Å². The van der Waals surface area contributed by atoms with E-state index < -0.39 is 11.7 Å². The molecule has 0 aliphatic rings. The van der Waals surface area contributed by atoms with Gasteiger partial charge in [0.25, 0.3) is 0 Å². The van der Waals surface area contributed by atoms with Crippen molar-refractivity contribution in [1.82, 2.24) is 0 Å². The van der Waals surface area contributed by atoms with E-state index in [2.05, 4.69) is 25.1 Å². The van der Waals surface area contributed by atoms with Crippen molar-refractivity contribution in [1.29, 1.82) is 0 Å². The Bertz CT molecular complexity index is 441. The van der Waals surface area contributed by atoms with Crippen molar-refractivity contribution in [2.75, 3.05) is 7.11 Å². The first-order chi connectivity index (χ1) is 9.82. The number of aryl methyl sites for hydroxylation is 1. The van der Waals surface area contributed by atoms with Gasteiger partial charge in [-0.2, -0.15) is 0 Å². The number of aliphatic hydroxyl groups excluding tert-OH is 1. The third-order valence-electron chi connectivity index (χ3n) is 3.71. The van der Waals surface area contributed by atoms with Crippen molar-refractivity contribution in [3.05, 3.63) is 41.5 Å². The highest BCUT2D eigenvalue weighted by molar-refractivity contribution is 5.27. The average Bonchev–Trinajstić information content (AvgIpc) is 2.44. The van der Waals surface area contributed by atoms with Crippen molar-refractivity contribution in [3.8, 4) is 5.75 Å². The lowest BCUT2D eigenvalue weighted by Gasteiger charge is -2.24. The first kappa shape index (κ1) is 17.7. The third-order valence-corrected chi connectivity index (χ3v) is 3.71. The van der Waals surface area contributed by atoms with Crippen molar-refractivity contribution >= 4 is 0 Å². The number of hydrogen-bond acceptors (Lipinski definition) is 3. The second-order valence-electron chi connectivity index (χ2n) is 6.15. The van der Waals surface area contributed by atoms with Crippen LogP contribution in [0.15, 0.2) is 35.9 Å². The molecule has 118 valence electrons. The molecular formula is C18H28O3. The molecule has 0 amide bonds. The van der Waals surface area contributed by atoms with Gasteiger partial charge in [0, 0.05) is 0 Å². The normalized spacial score (nSPS) is 14.1. The Labute approximate surface area is 128 Å². The SMILES string of the molecule is COc1ccc(CC/C=C(\C)CC[C@H](O)C(C)(C)O)cc1.